The first-order valence-corrected chi connectivity index (χ1v) is 9.13. The van der Waals surface area contributed by atoms with Crippen molar-refractivity contribution in [1.82, 2.24) is 10.3 Å². The van der Waals surface area contributed by atoms with Gasteiger partial charge in [0, 0.05) is 30.2 Å². The van der Waals surface area contributed by atoms with Crippen molar-refractivity contribution in [2.24, 2.45) is 5.92 Å². The molecule has 0 saturated carbocycles. The molecule has 150 valence electrons. The molecule has 1 aromatic carbocycles. The van der Waals surface area contributed by atoms with Crippen LogP contribution in [0, 0.1) is 5.92 Å². The summed E-state index contributed by atoms with van der Waals surface area (Å²) in [5.74, 6) is 0.389. The zero-order valence-corrected chi connectivity index (χ0v) is 15.5. The Morgan fingerprint density at radius 1 is 1.21 bits per heavy atom. The second kappa shape index (κ2) is 8.36. The van der Waals surface area contributed by atoms with E-state index in [9.17, 15) is 23.1 Å². The number of benzene rings is 1. The van der Waals surface area contributed by atoms with Crippen molar-refractivity contribution in [1.29, 1.82) is 0 Å². The molecule has 9 heteroatoms. The molecule has 2 atom stereocenters. The minimum atomic E-state index is -4.51. The number of pyridine rings is 1. The van der Waals surface area contributed by atoms with Crippen LogP contribution in [0.5, 0.6) is 0 Å². The van der Waals surface area contributed by atoms with E-state index < -0.39 is 17.8 Å². The first-order chi connectivity index (χ1) is 13.3. The maximum atomic E-state index is 12.7. The SMILES string of the molecule is O=C(O)N(CC[C@H]1CNC[C@@H]1c1ccc(Cl)cc1)c1ccc(C(F)(F)F)cn1. The molecule has 1 aliphatic rings. The van der Waals surface area contributed by atoms with Crippen molar-refractivity contribution >= 4 is 23.5 Å². The van der Waals surface area contributed by atoms with Gasteiger partial charge in [-0.1, -0.05) is 23.7 Å². The zero-order valence-electron chi connectivity index (χ0n) is 14.8. The molecule has 2 heterocycles. The van der Waals surface area contributed by atoms with Crippen LogP contribution in [0.15, 0.2) is 42.6 Å². The highest BCUT2D eigenvalue weighted by Crippen LogP contribution is 2.32. The Morgan fingerprint density at radius 2 is 1.93 bits per heavy atom. The van der Waals surface area contributed by atoms with E-state index in [2.05, 4.69) is 10.3 Å². The number of nitrogens with one attached hydrogen (secondary N) is 1. The highest BCUT2D eigenvalue weighted by atomic mass is 35.5. The first-order valence-electron chi connectivity index (χ1n) is 8.75. The van der Waals surface area contributed by atoms with Gasteiger partial charge in [0.2, 0.25) is 0 Å². The number of anilines is 1. The molecular weight excluding hydrogens is 395 g/mol. The van der Waals surface area contributed by atoms with Crippen LogP contribution < -0.4 is 10.2 Å². The summed E-state index contributed by atoms with van der Waals surface area (Å²) < 4.78 is 38.0. The van der Waals surface area contributed by atoms with Crippen molar-refractivity contribution in [3.8, 4) is 0 Å². The first kappa shape index (κ1) is 20.4. The van der Waals surface area contributed by atoms with Gasteiger partial charge in [-0.3, -0.25) is 4.90 Å². The van der Waals surface area contributed by atoms with E-state index in [1.165, 1.54) is 0 Å². The lowest BCUT2D eigenvalue weighted by atomic mass is 9.87. The third-order valence-corrected chi connectivity index (χ3v) is 5.20. The average molecular weight is 414 g/mol. The molecule has 1 saturated heterocycles. The highest BCUT2D eigenvalue weighted by Gasteiger charge is 2.32. The molecule has 0 radical (unpaired) electrons. The molecular formula is C19H19ClF3N3O2. The van der Waals surface area contributed by atoms with Crippen LogP contribution in [0.2, 0.25) is 5.02 Å². The third-order valence-electron chi connectivity index (χ3n) is 4.94. The van der Waals surface area contributed by atoms with E-state index in [-0.39, 0.29) is 24.2 Å². The molecule has 0 bridgehead atoms. The quantitative estimate of drug-likeness (QED) is 0.750. The molecule has 0 spiro atoms. The molecule has 28 heavy (non-hydrogen) atoms. The maximum Gasteiger partial charge on any atom is 0.417 e. The van der Waals surface area contributed by atoms with Crippen molar-refractivity contribution in [3.63, 3.8) is 0 Å². The molecule has 1 amide bonds. The van der Waals surface area contributed by atoms with Gasteiger partial charge in [0.15, 0.2) is 0 Å². The maximum absolute atomic E-state index is 12.7. The smallest absolute Gasteiger partial charge is 0.417 e. The number of alkyl halides is 3. The summed E-state index contributed by atoms with van der Waals surface area (Å²) in [6.07, 6.45) is -4.56. The van der Waals surface area contributed by atoms with E-state index in [0.717, 1.165) is 35.7 Å². The minimum Gasteiger partial charge on any atom is -0.465 e. The summed E-state index contributed by atoms with van der Waals surface area (Å²) in [7, 11) is 0. The number of aromatic nitrogens is 1. The summed E-state index contributed by atoms with van der Waals surface area (Å²) in [5.41, 5.74) is 0.207. The van der Waals surface area contributed by atoms with Gasteiger partial charge in [-0.15, -0.1) is 0 Å². The van der Waals surface area contributed by atoms with Crippen LogP contribution in [0.1, 0.15) is 23.5 Å². The zero-order chi connectivity index (χ0) is 20.3. The Hall–Kier alpha value is -2.32. The number of hydrogen-bond acceptors (Lipinski definition) is 3. The third kappa shape index (κ3) is 4.74. The monoisotopic (exact) mass is 413 g/mol. The summed E-state index contributed by atoms with van der Waals surface area (Å²) in [6, 6.07) is 9.48. The van der Waals surface area contributed by atoms with Crippen LogP contribution in [0.3, 0.4) is 0 Å². The van der Waals surface area contributed by atoms with Crippen molar-refractivity contribution in [3.05, 3.63) is 58.7 Å². The molecule has 0 aliphatic carbocycles. The summed E-state index contributed by atoms with van der Waals surface area (Å²) in [5, 5.41) is 13.4. The van der Waals surface area contributed by atoms with E-state index in [0.29, 0.717) is 17.6 Å². The lowest BCUT2D eigenvalue weighted by molar-refractivity contribution is -0.137. The van der Waals surface area contributed by atoms with E-state index >= 15 is 0 Å². The largest absolute Gasteiger partial charge is 0.465 e. The van der Waals surface area contributed by atoms with Crippen LogP contribution in [-0.2, 0) is 6.18 Å². The van der Waals surface area contributed by atoms with E-state index in [4.69, 9.17) is 11.6 Å². The van der Waals surface area contributed by atoms with Gasteiger partial charge in [-0.25, -0.2) is 9.78 Å². The van der Waals surface area contributed by atoms with Gasteiger partial charge < -0.3 is 10.4 Å². The van der Waals surface area contributed by atoms with Crippen LogP contribution in [-0.4, -0.2) is 35.8 Å². The molecule has 1 aromatic heterocycles. The fraction of sp³-hybridized carbons (Fsp3) is 0.368. The van der Waals surface area contributed by atoms with Crippen LogP contribution in [0.25, 0.3) is 0 Å². The van der Waals surface area contributed by atoms with Gasteiger partial charge in [-0.2, -0.15) is 13.2 Å². The second-order valence-electron chi connectivity index (χ2n) is 6.70. The molecule has 3 rings (SSSR count). The normalized spacial score (nSPS) is 19.6. The van der Waals surface area contributed by atoms with Gasteiger partial charge in [0.05, 0.1) is 5.56 Å². The predicted octanol–water partition coefficient (Wildman–Crippen LogP) is 4.63. The van der Waals surface area contributed by atoms with Gasteiger partial charge in [0.1, 0.15) is 5.82 Å². The number of halogens is 4. The predicted molar refractivity (Wildman–Crippen MR) is 99.8 cm³/mol. The lowest BCUT2D eigenvalue weighted by Gasteiger charge is -2.23. The lowest BCUT2D eigenvalue weighted by Crippen LogP contribution is -2.33. The van der Waals surface area contributed by atoms with Gasteiger partial charge >= 0.3 is 12.3 Å². The summed E-state index contributed by atoms with van der Waals surface area (Å²) >= 11 is 5.93. The number of amides is 1. The fourth-order valence-electron chi connectivity index (χ4n) is 3.45. The fourth-order valence-corrected chi connectivity index (χ4v) is 3.58. The Bertz CT molecular complexity index is 813. The topological polar surface area (TPSA) is 65.5 Å². The Balaban J connectivity index is 1.69. The average Bonchev–Trinajstić information content (AvgIpc) is 3.10. The molecule has 2 aromatic rings. The van der Waals surface area contributed by atoms with Gasteiger partial charge in [-0.05, 0) is 48.7 Å². The Labute approximate surface area is 165 Å². The molecule has 1 fully saturated rings. The van der Waals surface area contributed by atoms with E-state index in [1.807, 2.05) is 24.3 Å². The van der Waals surface area contributed by atoms with Crippen LogP contribution in [0.4, 0.5) is 23.8 Å². The molecule has 5 nitrogen and oxygen atoms in total. The number of rotatable bonds is 5. The number of nitrogens with zero attached hydrogens (tertiary/aromatic N) is 2. The second-order valence-corrected chi connectivity index (χ2v) is 7.14. The van der Waals surface area contributed by atoms with Gasteiger partial charge in [0.25, 0.3) is 0 Å². The number of carboxylic acid groups (broad SMARTS) is 1. The summed E-state index contributed by atoms with van der Waals surface area (Å²) in [4.78, 5) is 16.3. The van der Waals surface area contributed by atoms with Crippen LogP contribution >= 0.6 is 11.6 Å². The molecule has 0 unspecified atom stereocenters. The standard InChI is InChI=1S/C19H19ClF3N3O2/c20-15-4-1-12(2-5-15)16-11-24-9-13(16)7-8-26(18(27)28)17-6-3-14(10-25-17)19(21,22)23/h1-6,10,13,16,24H,7-9,11H2,(H,27,28)/t13-,16+/m0/s1. The van der Waals surface area contributed by atoms with Crippen molar-refractivity contribution < 1.29 is 23.1 Å². The summed E-state index contributed by atoms with van der Waals surface area (Å²) in [6.45, 7) is 1.66. The Kier molecular flexibility index (Phi) is 6.10. The highest BCUT2D eigenvalue weighted by molar-refractivity contribution is 6.30. The molecule has 1 aliphatic heterocycles. The number of carbonyl (C=O) groups is 1. The number of hydrogen-bond donors (Lipinski definition) is 2. The van der Waals surface area contributed by atoms with E-state index in [1.54, 1.807) is 0 Å². The Morgan fingerprint density at radius 3 is 2.50 bits per heavy atom. The van der Waals surface area contributed by atoms with Crippen molar-refractivity contribution in [2.75, 3.05) is 24.5 Å². The molecule has 2 N–H and O–H groups in total. The van der Waals surface area contributed by atoms with Crippen molar-refractivity contribution in [2.45, 2.75) is 18.5 Å². The minimum absolute atomic E-state index is 0.0190.